The van der Waals surface area contributed by atoms with Crippen LogP contribution in [0.15, 0.2) is 54.6 Å². The van der Waals surface area contributed by atoms with Crippen LogP contribution in [0.1, 0.15) is 23.7 Å². The van der Waals surface area contributed by atoms with Gasteiger partial charge in [0.1, 0.15) is 18.5 Å². The molecule has 0 fully saturated rings. The summed E-state index contributed by atoms with van der Waals surface area (Å²) in [5, 5.41) is 19.9. The molecule has 0 saturated carbocycles. The predicted octanol–water partition coefficient (Wildman–Crippen LogP) is 3.29. The zero-order valence-electron chi connectivity index (χ0n) is 11.7. The van der Waals surface area contributed by atoms with E-state index in [0.29, 0.717) is 30.2 Å². The van der Waals surface area contributed by atoms with Crippen molar-refractivity contribution in [2.75, 3.05) is 5.88 Å². The Balaban J connectivity index is 2.00. The smallest absolute Gasteiger partial charge is 0.120 e. The van der Waals surface area contributed by atoms with E-state index in [4.69, 9.17) is 16.3 Å². The van der Waals surface area contributed by atoms with Crippen LogP contribution in [0.4, 0.5) is 0 Å². The topological polar surface area (TPSA) is 49.7 Å². The second-order valence-electron chi connectivity index (χ2n) is 4.84. The number of hydrogen-bond donors (Lipinski definition) is 2. The van der Waals surface area contributed by atoms with Gasteiger partial charge in [-0.1, -0.05) is 42.5 Å². The summed E-state index contributed by atoms with van der Waals surface area (Å²) in [7, 11) is 0. The van der Waals surface area contributed by atoms with Crippen molar-refractivity contribution in [2.45, 2.75) is 25.2 Å². The molecule has 0 aliphatic rings. The molecule has 2 aromatic carbocycles. The second kappa shape index (κ2) is 8.03. The molecule has 0 aliphatic carbocycles. The highest BCUT2D eigenvalue weighted by Gasteiger charge is 2.18. The summed E-state index contributed by atoms with van der Waals surface area (Å²) in [5.41, 5.74) is 1.70. The van der Waals surface area contributed by atoms with Crippen LogP contribution >= 0.6 is 11.6 Å². The van der Waals surface area contributed by atoms with Crippen LogP contribution in [0.25, 0.3) is 0 Å². The van der Waals surface area contributed by atoms with E-state index in [1.807, 2.05) is 36.4 Å². The lowest BCUT2D eigenvalue weighted by molar-refractivity contribution is 0.0168. The van der Waals surface area contributed by atoms with Crippen LogP contribution in [0.3, 0.4) is 0 Å². The van der Waals surface area contributed by atoms with Gasteiger partial charge in [0.25, 0.3) is 0 Å². The Morgan fingerprint density at radius 1 is 1.00 bits per heavy atom. The average molecular weight is 307 g/mol. The number of aliphatic hydroxyl groups is 2. The summed E-state index contributed by atoms with van der Waals surface area (Å²) in [6.45, 7) is 0.463. The van der Waals surface area contributed by atoms with Gasteiger partial charge < -0.3 is 14.9 Å². The third-order valence-electron chi connectivity index (χ3n) is 3.22. The molecule has 0 saturated heterocycles. The Labute approximate surface area is 129 Å². The minimum atomic E-state index is -0.955. The Morgan fingerprint density at radius 3 is 2.48 bits per heavy atom. The van der Waals surface area contributed by atoms with Crippen molar-refractivity contribution in [3.8, 4) is 5.75 Å². The van der Waals surface area contributed by atoms with E-state index < -0.39 is 12.2 Å². The van der Waals surface area contributed by atoms with Crippen LogP contribution in [-0.2, 0) is 6.61 Å². The van der Waals surface area contributed by atoms with E-state index in [9.17, 15) is 10.2 Å². The first-order chi connectivity index (χ1) is 10.2. The Hall–Kier alpha value is -1.55. The van der Waals surface area contributed by atoms with Gasteiger partial charge in [0, 0.05) is 5.88 Å². The molecule has 2 unspecified atom stereocenters. The molecule has 3 nitrogen and oxygen atoms in total. The minimum absolute atomic E-state index is 0.308. The van der Waals surface area contributed by atoms with Crippen LogP contribution in [0.2, 0.25) is 0 Å². The summed E-state index contributed by atoms with van der Waals surface area (Å²) in [4.78, 5) is 0. The highest BCUT2D eigenvalue weighted by atomic mass is 35.5. The first kappa shape index (κ1) is 15.8. The van der Waals surface area contributed by atoms with Crippen molar-refractivity contribution in [2.24, 2.45) is 0 Å². The van der Waals surface area contributed by atoms with Gasteiger partial charge >= 0.3 is 0 Å². The van der Waals surface area contributed by atoms with Gasteiger partial charge in [-0.15, -0.1) is 11.6 Å². The fourth-order valence-corrected chi connectivity index (χ4v) is 2.24. The lowest BCUT2D eigenvalue weighted by atomic mass is 10.0. The lowest BCUT2D eigenvalue weighted by Gasteiger charge is -2.18. The Bertz CT molecular complexity index is 545. The van der Waals surface area contributed by atoms with E-state index >= 15 is 0 Å². The van der Waals surface area contributed by atoms with Crippen molar-refractivity contribution in [3.63, 3.8) is 0 Å². The van der Waals surface area contributed by atoms with E-state index in [1.165, 1.54) is 0 Å². The SMILES string of the molecule is OC(CCCl)C(O)c1cccc(OCc2ccccc2)c1. The van der Waals surface area contributed by atoms with Gasteiger partial charge in [0.05, 0.1) is 6.10 Å². The molecule has 0 aliphatic heterocycles. The molecule has 2 rings (SSSR count). The molecular weight excluding hydrogens is 288 g/mol. The van der Waals surface area contributed by atoms with Gasteiger partial charge in [0.15, 0.2) is 0 Å². The zero-order valence-corrected chi connectivity index (χ0v) is 12.4. The standard InChI is InChI=1S/C17H19ClO3/c18-10-9-16(19)17(20)14-7-4-8-15(11-14)21-12-13-5-2-1-3-6-13/h1-8,11,16-17,19-20H,9-10,12H2. The zero-order chi connectivity index (χ0) is 15.1. The molecule has 2 N–H and O–H groups in total. The number of aliphatic hydroxyl groups excluding tert-OH is 2. The van der Waals surface area contributed by atoms with Crippen LogP contribution in [0.5, 0.6) is 5.75 Å². The van der Waals surface area contributed by atoms with Crippen LogP contribution in [0, 0.1) is 0 Å². The quantitative estimate of drug-likeness (QED) is 0.772. The third kappa shape index (κ3) is 4.74. The van der Waals surface area contributed by atoms with E-state index in [0.717, 1.165) is 5.56 Å². The van der Waals surface area contributed by atoms with Crippen LogP contribution < -0.4 is 4.74 Å². The number of benzene rings is 2. The van der Waals surface area contributed by atoms with Crippen molar-refractivity contribution < 1.29 is 14.9 Å². The molecule has 112 valence electrons. The molecule has 0 radical (unpaired) electrons. The first-order valence-corrected chi connectivity index (χ1v) is 7.43. The van der Waals surface area contributed by atoms with Gasteiger partial charge in [0.2, 0.25) is 0 Å². The largest absolute Gasteiger partial charge is 0.489 e. The van der Waals surface area contributed by atoms with Gasteiger partial charge in [-0.2, -0.15) is 0 Å². The summed E-state index contributed by atoms with van der Waals surface area (Å²) >= 11 is 5.58. The van der Waals surface area contributed by atoms with Crippen molar-refractivity contribution in [3.05, 3.63) is 65.7 Å². The fraction of sp³-hybridized carbons (Fsp3) is 0.294. The maximum Gasteiger partial charge on any atom is 0.120 e. The molecule has 21 heavy (non-hydrogen) atoms. The maximum absolute atomic E-state index is 10.1. The lowest BCUT2D eigenvalue weighted by Crippen LogP contribution is -2.18. The van der Waals surface area contributed by atoms with Crippen molar-refractivity contribution >= 4 is 11.6 Å². The van der Waals surface area contributed by atoms with E-state index in [2.05, 4.69) is 0 Å². The monoisotopic (exact) mass is 306 g/mol. The highest BCUT2D eigenvalue weighted by Crippen LogP contribution is 2.24. The molecule has 0 aromatic heterocycles. The van der Waals surface area contributed by atoms with Crippen molar-refractivity contribution in [1.29, 1.82) is 0 Å². The maximum atomic E-state index is 10.1. The Morgan fingerprint density at radius 2 is 1.76 bits per heavy atom. The number of rotatable bonds is 7. The van der Waals surface area contributed by atoms with Crippen LogP contribution in [-0.4, -0.2) is 22.2 Å². The molecule has 0 heterocycles. The highest BCUT2D eigenvalue weighted by molar-refractivity contribution is 6.17. The Kier molecular flexibility index (Phi) is 6.05. The number of ether oxygens (including phenoxy) is 1. The minimum Gasteiger partial charge on any atom is -0.489 e. The molecular formula is C17H19ClO3. The molecule has 2 aromatic rings. The van der Waals surface area contributed by atoms with Gasteiger partial charge in [-0.3, -0.25) is 0 Å². The summed E-state index contributed by atoms with van der Waals surface area (Å²) in [5.74, 6) is 0.969. The molecule has 2 atom stereocenters. The average Bonchev–Trinajstić information content (AvgIpc) is 2.54. The normalized spacial score (nSPS) is 13.7. The first-order valence-electron chi connectivity index (χ1n) is 6.89. The summed E-state index contributed by atoms with van der Waals surface area (Å²) < 4.78 is 5.70. The number of halogens is 1. The predicted molar refractivity (Wildman–Crippen MR) is 83.5 cm³/mol. The van der Waals surface area contributed by atoms with E-state index in [1.54, 1.807) is 18.2 Å². The van der Waals surface area contributed by atoms with E-state index in [-0.39, 0.29) is 0 Å². The van der Waals surface area contributed by atoms with Gasteiger partial charge in [-0.25, -0.2) is 0 Å². The molecule has 0 spiro atoms. The number of hydrogen-bond acceptors (Lipinski definition) is 3. The third-order valence-corrected chi connectivity index (χ3v) is 3.44. The molecule has 0 amide bonds. The summed E-state index contributed by atoms with van der Waals surface area (Å²) in [6.07, 6.45) is -1.48. The second-order valence-corrected chi connectivity index (χ2v) is 5.21. The van der Waals surface area contributed by atoms with Crippen molar-refractivity contribution in [1.82, 2.24) is 0 Å². The molecule has 0 bridgehead atoms. The summed E-state index contributed by atoms with van der Waals surface area (Å²) in [6, 6.07) is 17.0. The number of alkyl halides is 1. The molecule has 4 heteroatoms. The van der Waals surface area contributed by atoms with Gasteiger partial charge in [-0.05, 0) is 29.7 Å². The fourth-order valence-electron chi connectivity index (χ4n) is 2.02.